The van der Waals surface area contributed by atoms with Crippen molar-refractivity contribution in [2.75, 3.05) is 19.6 Å². The van der Waals surface area contributed by atoms with Crippen LogP contribution >= 0.6 is 11.6 Å². The van der Waals surface area contributed by atoms with E-state index in [-0.39, 0.29) is 6.03 Å². The monoisotopic (exact) mass is 309 g/mol. The highest BCUT2D eigenvalue weighted by Gasteiger charge is 2.30. The number of rotatable bonds is 2. The molecule has 116 valence electrons. The Hall–Kier alpha value is -1.26. The van der Waals surface area contributed by atoms with E-state index in [1.807, 2.05) is 35.2 Å². The van der Waals surface area contributed by atoms with E-state index in [4.69, 9.17) is 17.3 Å². The molecule has 1 aromatic carbocycles. The normalized spacial score (nSPS) is 25.0. The van der Waals surface area contributed by atoms with Gasteiger partial charge in [-0.05, 0) is 50.3 Å². The molecule has 0 bridgehead atoms. The molecular formula is C16H24ClN3O. The molecule has 3 N–H and O–H groups in total. The van der Waals surface area contributed by atoms with Gasteiger partial charge in [-0.3, -0.25) is 0 Å². The molecule has 1 saturated carbocycles. The first-order chi connectivity index (χ1) is 10.2. The molecule has 3 rings (SSSR count). The Morgan fingerprint density at radius 1 is 1.19 bits per heavy atom. The van der Waals surface area contributed by atoms with Crippen LogP contribution in [0.3, 0.4) is 0 Å². The van der Waals surface area contributed by atoms with E-state index in [1.165, 1.54) is 12.8 Å². The molecule has 2 aliphatic rings. The average Bonchev–Trinajstić information content (AvgIpc) is 2.95. The Morgan fingerprint density at radius 2 is 1.86 bits per heavy atom. The zero-order valence-corrected chi connectivity index (χ0v) is 13.1. The van der Waals surface area contributed by atoms with Crippen molar-refractivity contribution in [2.24, 2.45) is 11.7 Å². The smallest absolute Gasteiger partial charge is 0.317 e. The van der Waals surface area contributed by atoms with Crippen molar-refractivity contribution in [1.82, 2.24) is 10.2 Å². The number of nitrogens with one attached hydrogen (secondary N) is 1. The summed E-state index contributed by atoms with van der Waals surface area (Å²) in [5.41, 5.74) is 5.64. The van der Waals surface area contributed by atoms with Crippen molar-refractivity contribution in [2.45, 2.75) is 31.7 Å². The molecule has 0 spiro atoms. The summed E-state index contributed by atoms with van der Waals surface area (Å²) in [4.78, 5) is 13.4. The Bertz CT molecular complexity index is 432. The summed E-state index contributed by atoms with van der Waals surface area (Å²) in [5, 5.41) is 3.65. The maximum absolute atomic E-state index is 11.4. The predicted molar refractivity (Wildman–Crippen MR) is 86.4 cm³/mol. The number of urea groups is 1. The lowest BCUT2D eigenvalue weighted by Crippen LogP contribution is -2.40. The van der Waals surface area contributed by atoms with Gasteiger partial charge in [-0.1, -0.05) is 29.8 Å². The van der Waals surface area contributed by atoms with Gasteiger partial charge < -0.3 is 16.0 Å². The molecular weight excluding hydrogens is 286 g/mol. The summed E-state index contributed by atoms with van der Waals surface area (Å²) < 4.78 is 0. The molecule has 2 fully saturated rings. The molecule has 0 atom stereocenters. The van der Waals surface area contributed by atoms with Gasteiger partial charge in [0.05, 0.1) is 0 Å². The van der Waals surface area contributed by atoms with Gasteiger partial charge >= 0.3 is 6.03 Å². The molecule has 1 heterocycles. The van der Waals surface area contributed by atoms with Crippen LogP contribution in [0.25, 0.3) is 0 Å². The molecule has 0 unspecified atom stereocenters. The van der Waals surface area contributed by atoms with E-state index in [0.29, 0.717) is 12.0 Å². The molecule has 0 radical (unpaired) electrons. The summed E-state index contributed by atoms with van der Waals surface area (Å²) >= 11 is 5.54. The number of benzene rings is 1. The number of amides is 2. The van der Waals surface area contributed by atoms with Crippen LogP contribution in [0.4, 0.5) is 4.79 Å². The number of hydrogen-bond acceptors (Lipinski definition) is 2. The Morgan fingerprint density at radius 3 is 2.29 bits per heavy atom. The maximum Gasteiger partial charge on any atom is 0.317 e. The van der Waals surface area contributed by atoms with Crippen molar-refractivity contribution in [3.63, 3.8) is 0 Å². The summed E-state index contributed by atoms with van der Waals surface area (Å²) in [6.45, 7) is 2.51. The largest absolute Gasteiger partial charge is 0.336 e. The summed E-state index contributed by atoms with van der Waals surface area (Å²) in [6, 6.07) is 10.0. The number of carbonyl (C=O) groups excluding carboxylic acids is 1. The van der Waals surface area contributed by atoms with Crippen LogP contribution in [0.2, 0.25) is 5.02 Å². The van der Waals surface area contributed by atoms with Crippen LogP contribution < -0.4 is 11.1 Å². The van der Waals surface area contributed by atoms with E-state index in [9.17, 15) is 4.79 Å². The highest BCUT2D eigenvalue weighted by Crippen LogP contribution is 2.27. The van der Waals surface area contributed by atoms with Crippen LogP contribution in [0.15, 0.2) is 30.3 Å². The fraction of sp³-hybridized carbons (Fsp3) is 0.562. The lowest BCUT2D eigenvalue weighted by molar-refractivity contribution is 0.166. The van der Waals surface area contributed by atoms with Gasteiger partial charge in [-0.15, -0.1) is 0 Å². The average molecular weight is 310 g/mol. The first-order valence-electron chi connectivity index (χ1n) is 7.65. The van der Waals surface area contributed by atoms with Gasteiger partial charge in [0, 0.05) is 24.2 Å². The van der Waals surface area contributed by atoms with Gasteiger partial charge in [0.15, 0.2) is 0 Å². The second-order valence-corrected chi connectivity index (χ2v) is 6.07. The minimum absolute atomic E-state index is 0.126. The quantitative estimate of drug-likeness (QED) is 0.882. The first-order valence-corrected chi connectivity index (χ1v) is 8.03. The standard InChI is InChI=1S/C10H19N3O.C6H5Cl/c11-7-8-1-3-9(4-2-8)13-6-5-12-10(13)14;7-6-4-2-1-3-5-6/h8-9H,1-7,11H2,(H,12,14);1-5H. The third-order valence-electron chi connectivity index (χ3n) is 4.21. The third-order valence-corrected chi connectivity index (χ3v) is 4.47. The molecule has 21 heavy (non-hydrogen) atoms. The zero-order valence-electron chi connectivity index (χ0n) is 12.3. The fourth-order valence-electron chi connectivity index (χ4n) is 2.94. The molecule has 1 aliphatic carbocycles. The van der Waals surface area contributed by atoms with Gasteiger partial charge in [0.1, 0.15) is 0 Å². The first kappa shape index (κ1) is 16.1. The fourth-order valence-corrected chi connectivity index (χ4v) is 3.09. The van der Waals surface area contributed by atoms with E-state index >= 15 is 0 Å². The second-order valence-electron chi connectivity index (χ2n) is 5.63. The van der Waals surface area contributed by atoms with E-state index in [0.717, 1.165) is 37.5 Å². The highest BCUT2D eigenvalue weighted by atomic mass is 35.5. The number of halogens is 1. The topological polar surface area (TPSA) is 58.4 Å². The van der Waals surface area contributed by atoms with E-state index in [2.05, 4.69) is 5.32 Å². The van der Waals surface area contributed by atoms with E-state index < -0.39 is 0 Å². The van der Waals surface area contributed by atoms with Crippen LogP contribution in [0.1, 0.15) is 25.7 Å². The van der Waals surface area contributed by atoms with Gasteiger partial charge in [0.2, 0.25) is 0 Å². The highest BCUT2D eigenvalue weighted by molar-refractivity contribution is 6.30. The molecule has 1 saturated heterocycles. The van der Waals surface area contributed by atoms with Gasteiger partial charge in [-0.25, -0.2) is 4.79 Å². The lowest BCUT2D eigenvalue weighted by atomic mass is 9.85. The molecule has 1 aliphatic heterocycles. The zero-order chi connectivity index (χ0) is 15.1. The van der Waals surface area contributed by atoms with Crippen LogP contribution in [-0.4, -0.2) is 36.6 Å². The number of nitrogens with two attached hydrogens (primary N) is 1. The van der Waals surface area contributed by atoms with Crippen molar-refractivity contribution in [3.05, 3.63) is 35.4 Å². The van der Waals surface area contributed by atoms with Crippen molar-refractivity contribution >= 4 is 17.6 Å². The molecule has 5 heteroatoms. The number of carbonyl (C=O) groups is 1. The van der Waals surface area contributed by atoms with Crippen LogP contribution in [0, 0.1) is 5.92 Å². The summed E-state index contributed by atoms with van der Waals surface area (Å²) in [7, 11) is 0. The number of nitrogens with zero attached hydrogens (tertiary/aromatic N) is 1. The Kier molecular flexibility index (Phi) is 6.33. The SMILES string of the molecule is Clc1ccccc1.NCC1CCC(N2CCNC2=O)CC1. The minimum Gasteiger partial charge on any atom is -0.336 e. The van der Waals surface area contributed by atoms with Crippen molar-refractivity contribution < 1.29 is 4.79 Å². The second kappa shape index (κ2) is 8.25. The predicted octanol–water partition coefficient (Wildman–Crippen LogP) is 2.87. The van der Waals surface area contributed by atoms with Crippen LogP contribution in [0.5, 0.6) is 0 Å². The van der Waals surface area contributed by atoms with Gasteiger partial charge in [-0.2, -0.15) is 0 Å². The lowest BCUT2D eigenvalue weighted by Gasteiger charge is -2.33. The van der Waals surface area contributed by atoms with Crippen molar-refractivity contribution in [1.29, 1.82) is 0 Å². The molecule has 4 nitrogen and oxygen atoms in total. The van der Waals surface area contributed by atoms with Crippen molar-refractivity contribution in [3.8, 4) is 0 Å². The Labute approximate surface area is 131 Å². The molecule has 2 amide bonds. The third kappa shape index (κ3) is 4.90. The molecule has 0 aromatic heterocycles. The van der Waals surface area contributed by atoms with Crippen LogP contribution in [-0.2, 0) is 0 Å². The maximum atomic E-state index is 11.4. The molecule has 1 aromatic rings. The van der Waals surface area contributed by atoms with Gasteiger partial charge in [0.25, 0.3) is 0 Å². The minimum atomic E-state index is 0.126. The summed E-state index contributed by atoms with van der Waals surface area (Å²) in [5.74, 6) is 0.692. The Balaban J connectivity index is 0.000000194. The number of hydrogen-bond donors (Lipinski definition) is 2. The van der Waals surface area contributed by atoms with E-state index in [1.54, 1.807) is 0 Å². The summed E-state index contributed by atoms with van der Waals surface area (Å²) in [6.07, 6.45) is 4.64.